The first-order chi connectivity index (χ1) is 13.5. The summed E-state index contributed by atoms with van der Waals surface area (Å²) in [5.74, 6) is 0. The summed E-state index contributed by atoms with van der Waals surface area (Å²) >= 11 is 0. The van der Waals surface area contributed by atoms with Crippen LogP contribution in [0.4, 0.5) is 0 Å². The van der Waals surface area contributed by atoms with E-state index in [4.69, 9.17) is 0 Å². The lowest BCUT2D eigenvalue weighted by Crippen LogP contribution is -2.34. The molecule has 0 rings (SSSR count). The molecule has 0 aromatic heterocycles. The Bertz CT molecular complexity index is 312. The van der Waals surface area contributed by atoms with E-state index in [2.05, 4.69) is 60.7 Å². The molecule has 0 bridgehead atoms. The summed E-state index contributed by atoms with van der Waals surface area (Å²) in [6.07, 6.45) is 22.5. The van der Waals surface area contributed by atoms with Crippen molar-refractivity contribution in [1.29, 1.82) is 0 Å². The van der Waals surface area contributed by atoms with Crippen molar-refractivity contribution in [2.24, 2.45) is 10.8 Å². The van der Waals surface area contributed by atoms with Gasteiger partial charge in [-0.3, -0.25) is 0 Å². The van der Waals surface area contributed by atoms with Gasteiger partial charge in [-0.25, -0.2) is 0 Å². The Morgan fingerprint density at radius 3 is 1.03 bits per heavy atom. The van der Waals surface area contributed by atoms with Crippen LogP contribution in [0.2, 0.25) is 0 Å². The molecule has 0 saturated carbocycles. The maximum absolute atomic E-state index is 3.84. The molecule has 176 valence electrons. The Kier molecular flexibility index (Phi) is 16.6. The molecule has 1 N–H and O–H groups in total. The van der Waals surface area contributed by atoms with Crippen molar-refractivity contribution in [2.45, 2.75) is 170 Å². The second-order valence-corrected chi connectivity index (χ2v) is 12.4. The van der Waals surface area contributed by atoms with Crippen LogP contribution in [0, 0.1) is 10.8 Å². The first-order valence-corrected chi connectivity index (χ1v) is 13.3. The van der Waals surface area contributed by atoms with Gasteiger partial charge < -0.3 is 5.32 Å². The Balaban J connectivity index is 3.42. The lowest BCUT2D eigenvalue weighted by Gasteiger charge is -2.20. The van der Waals surface area contributed by atoms with Crippen molar-refractivity contribution < 1.29 is 0 Å². The van der Waals surface area contributed by atoms with Crippen LogP contribution in [0.1, 0.15) is 158 Å². The molecule has 0 spiro atoms. The third-order valence-corrected chi connectivity index (χ3v) is 6.20. The van der Waals surface area contributed by atoms with Gasteiger partial charge in [0.05, 0.1) is 0 Å². The molecule has 0 aliphatic rings. The Morgan fingerprint density at radius 2 is 0.724 bits per heavy atom. The van der Waals surface area contributed by atoms with E-state index in [-0.39, 0.29) is 0 Å². The van der Waals surface area contributed by atoms with Crippen molar-refractivity contribution in [1.82, 2.24) is 5.32 Å². The van der Waals surface area contributed by atoms with Crippen LogP contribution in [0.5, 0.6) is 0 Å². The van der Waals surface area contributed by atoms with Gasteiger partial charge in [0.25, 0.3) is 0 Å². The topological polar surface area (TPSA) is 12.0 Å². The van der Waals surface area contributed by atoms with E-state index in [0.717, 1.165) is 0 Å². The normalized spacial score (nSPS) is 14.9. The summed E-state index contributed by atoms with van der Waals surface area (Å²) in [6.45, 7) is 18.9. The van der Waals surface area contributed by atoms with E-state index < -0.39 is 0 Å². The third kappa shape index (κ3) is 24.1. The van der Waals surface area contributed by atoms with Crippen LogP contribution in [-0.2, 0) is 0 Å². The fraction of sp³-hybridized carbons (Fsp3) is 1.00. The number of nitrogens with one attached hydrogen (secondary N) is 1. The Hall–Kier alpha value is -0.0400. The largest absolute Gasteiger partial charge is 0.312 e. The third-order valence-electron chi connectivity index (χ3n) is 6.20. The standard InChI is InChI=1S/C28H59N/c1-25(21-17-13-9-11-15-19-23-27(3,4)5)29-26(2)22-18-14-10-12-16-20-24-28(6,7)8/h25-26,29H,9-24H2,1-8H3. The molecule has 0 aliphatic carbocycles. The summed E-state index contributed by atoms with van der Waals surface area (Å²) in [5.41, 5.74) is 1.04. The highest BCUT2D eigenvalue weighted by molar-refractivity contribution is 4.68. The van der Waals surface area contributed by atoms with Crippen molar-refractivity contribution in [3.63, 3.8) is 0 Å². The van der Waals surface area contributed by atoms with Crippen LogP contribution < -0.4 is 5.32 Å². The summed E-state index contributed by atoms with van der Waals surface area (Å²) < 4.78 is 0. The molecular weight excluding hydrogens is 350 g/mol. The van der Waals surface area contributed by atoms with Crippen LogP contribution in [-0.4, -0.2) is 12.1 Å². The fourth-order valence-electron chi connectivity index (χ4n) is 4.28. The molecule has 0 amide bonds. The zero-order valence-corrected chi connectivity index (χ0v) is 22.0. The van der Waals surface area contributed by atoms with Gasteiger partial charge in [-0.1, -0.05) is 119 Å². The molecule has 0 radical (unpaired) electrons. The molecule has 1 heteroatoms. The molecule has 0 saturated heterocycles. The maximum Gasteiger partial charge on any atom is 0.00412 e. The average Bonchev–Trinajstić information content (AvgIpc) is 2.57. The molecule has 2 atom stereocenters. The van der Waals surface area contributed by atoms with Gasteiger partial charge in [-0.2, -0.15) is 0 Å². The van der Waals surface area contributed by atoms with E-state index in [1.54, 1.807) is 0 Å². The average molecular weight is 410 g/mol. The Morgan fingerprint density at radius 1 is 0.448 bits per heavy atom. The quantitative estimate of drug-likeness (QED) is 0.222. The molecule has 1 nitrogen and oxygen atoms in total. The minimum Gasteiger partial charge on any atom is -0.312 e. The van der Waals surface area contributed by atoms with Gasteiger partial charge in [0, 0.05) is 12.1 Å². The van der Waals surface area contributed by atoms with Gasteiger partial charge in [0.2, 0.25) is 0 Å². The number of hydrogen-bond donors (Lipinski definition) is 1. The van der Waals surface area contributed by atoms with Crippen LogP contribution in [0.15, 0.2) is 0 Å². The summed E-state index contributed by atoms with van der Waals surface area (Å²) in [6, 6.07) is 1.37. The molecule has 0 fully saturated rings. The van der Waals surface area contributed by atoms with Gasteiger partial charge in [-0.05, 0) is 50.4 Å². The predicted octanol–water partition coefficient (Wildman–Crippen LogP) is 9.69. The second kappa shape index (κ2) is 16.6. The molecule has 2 unspecified atom stereocenters. The van der Waals surface area contributed by atoms with Crippen molar-refractivity contribution in [3.8, 4) is 0 Å². The fourth-order valence-corrected chi connectivity index (χ4v) is 4.28. The van der Waals surface area contributed by atoms with E-state index in [9.17, 15) is 0 Å². The van der Waals surface area contributed by atoms with Crippen LogP contribution in [0.25, 0.3) is 0 Å². The minimum absolute atomic E-state index is 0.518. The number of hydrogen-bond acceptors (Lipinski definition) is 1. The number of unbranched alkanes of at least 4 members (excludes halogenated alkanes) is 10. The van der Waals surface area contributed by atoms with Gasteiger partial charge in [0.1, 0.15) is 0 Å². The van der Waals surface area contributed by atoms with Gasteiger partial charge >= 0.3 is 0 Å². The monoisotopic (exact) mass is 409 g/mol. The highest BCUT2D eigenvalue weighted by atomic mass is 14.9. The van der Waals surface area contributed by atoms with E-state index in [0.29, 0.717) is 22.9 Å². The van der Waals surface area contributed by atoms with E-state index in [1.807, 2.05) is 0 Å². The zero-order valence-electron chi connectivity index (χ0n) is 22.0. The molecule has 0 heterocycles. The van der Waals surface area contributed by atoms with Crippen molar-refractivity contribution in [2.75, 3.05) is 0 Å². The smallest absolute Gasteiger partial charge is 0.00412 e. The summed E-state index contributed by atoms with van der Waals surface area (Å²) in [5, 5.41) is 3.84. The molecule has 0 aliphatic heterocycles. The van der Waals surface area contributed by atoms with Crippen LogP contribution >= 0.6 is 0 Å². The summed E-state index contributed by atoms with van der Waals surface area (Å²) in [4.78, 5) is 0. The molecule has 29 heavy (non-hydrogen) atoms. The predicted molar refractivity (Wildman–Crippen MR) is 135 cm³/mol. The second-order valence-electron chi connectivity index (χ2n) is 12.4. The highest BCUT2D eigenvalue weighted by Crippen LogP contribution is 2.23. The lowest BCUT2D eigenvalue weighted by molar-refractivity contribution is 0.355. The first-order valence-electron chi connectivity index (χ1n) is 13.3. The molecule has 0 aromatic rings. The van der Waals surface area contributed by atoms with Gasteiger partial charge in [0.15, 0.2) is 0 Å². The van der Waals surface area contributed by atoms with Crippen molar-refractivity contribution in [3.05, 3.63) is 0 Å². The Labute approximate surface area is 186 Å². The van der Waals surface area contributed by atoms with Gasteiger partial charge in [-0.15, -0.1) is 0 Å². The maximum atomic E-state index is 3.84. The highest BCUT2D eigenvalue weighted by Gasteiger charge is 2.10. The minimum atomic E-state index is 0.518. The number of rotatable bonds is 18. The zero-order chi connectivity index (χ0) is 22.2. The van der Waals surface area contributed by atoms with Crippen molar-refractivity contribution >= 4 is 0 Å². The van der Waals surface area contributed by atoms with E-state index in [1.165, 1.54) is 103 Å². The molecule has 0 aromatic carbocycles. The lowest BCUT2D eigenvalue weighted by atomic mass is 9.89. The first kappa shape index (κ1) is 29.0. The SMILES string of the molecule is CC(CCCCCCCCC(C)(C)C)NC(C)CCCCCCCCC(C)(C)C. The van der Waals surface area contributed by atoms with Crippen LogP contribution in [0.3, 0.4) is 0 Å². The summed E-state index contributed by atoms with van der Waals surface area (Å²) in [7, 11) is 0. The van der Waals surface area contributed by atoms with E-state index >= 15 is 0 Å². The molecular formula is C28H59N.